The van der Waals surface area contributed by atoms with Crippen LogP contribution in [0.3, 0.4) is 0 Å². The van der Waals surface area contributed by atoms with Crippen LogP contribution in [0.4, 0.5) is 0 Å². The molecule has 0 aromatic heterocycles. The van der Waals surface area contributed by atoms with Crippen molar-refractivity contribution in [3.63, 3.8) is 0 Å². The predicted molar refractivity (Wildman–Crippen MR) is 73.0 cm³/mol. The third-order valence-electron chi connectivity index (χ3n) is 4.10. The Labute approximate surface area is 110 Å². The quantitative estimate of drug-likeness (QED) is 0.683. The normalized spacial score (nSPS) is 27.7. The van der Waals surface area contributed by atoms with E-state index in [9.17, 15) is 4.79 Å². The van der Waals surface area contributed by atoms with Crippen molar-refractivity contribution in [3.05, 3.63) is 0 Å². The molecule has 1 aliphatic carbocycles. The number of amides is 1. The second-order valence-electron chi connectivity index (χ2n) is 5.75. The van der Waals surface area contributed by atoms with Crippen LogP contribution in [0.25, 0.3) is 0 Å². The first-order chi connectivity index (χ1) is 8.47. The summed E-state index contributed by atoms with van der Waals surface area (Å²) in [6, 6.07) is 0. The molecular formula is C14H28N2O2. The first-order valence-corrected chi connectivity index (χ1v) is 7.17. The molecule has 106 valence electrons. The molecule has 4 heteroatoms. The van der Waals surface area contributed by atoms with Crippen molar-refractivity contribution in [1.82, 2.24) is 0 Å². The largest absolute Gasteiger partial charge is 0.378 e. The third-order valence-corrected chi connectivity index (χ3v) is 4.10. The molecule has 18 heavy (non-hydrogen) atoms. The highest BCUT2D eigenvalue weighted by atomic mass is 16.5. The number of hydrogen-bond acceptors (Lipinski definition) is 3. The number of ether oxygens (including phenoxy) is 1. The molecule has 0 saturated heterocycles. The molecule has 0 aliphatic heterocycles. The van der Waals surface area contributed by atoms with Crippen molar-refractivity contribution in [2.75, 3.05) is 6.61 Å². The van der Waals surface area contributed by atoms with Gasteiger partial charge >= 0.3 is 0 Å². The van der Waals surface area contributed by atoms with Gasteiger partial charge in [0.2, 0.25) is 5.91 Å². The third kappa shape index (κ3) is 4.58. The fourth-order valence-corrected chi connectivity index (χ4v) is 2.66. The van der Waals surface area contributed by atoms with E-state index in [1.165, 1.54) is 32.1 Å². The lowest BCUT2D eigenvalue weighted by Gasteiger charge is -2.31. The smallest absolute Gasteiger partial charge is 0.237 e. The zero-order chi connectivity index (χ0) is 13.6. The minimum absolute atomic E-state index is 0.404. The Balaban J connectivity index is 2.22. The van der Waals surface area contributed by atoms with Crippen LogP contribution < -0.4 is 11.5 Å². The predicted octanol–water partition coefficient (Wildman–Crippen LogP) is 1.95. The molecule has 1 rings (SSSR count). The van der Waals surface area contributed by atoms with Crippen molar-refractivity contribution in [3.8, 4) is 0 Å². The maximum absolute atomic E-state index is 11.1. The van der Waals surface area contributed by atoms with Gasteiger partial charge in [-0.05, 0) is 38.5 Å². The van der Waals surface area contributed by atoms with Gasteiger partial charge in [-0.1, -0.05) is 26.2 Å². The van der Waals surface area contributed by atoms with Crippen LogP contribution in [0.5, 0.6) is 0 Å². The molecule has 1 aliphatic rings. The molecule has 3 unspecified atom stereocenters. The van der Waals surface area contributed by atoms with Crippen LogP contribution in [0, 0.1) is 5.92 Å². The molecule has 0 aromatic rings. The maximum Gasteiger partial charge on any atom is 0.237 e. The van der Waals surface area contributed by atoms with E-state index in [2.05, 4.69) is 6.92 Å². The van der Waals surface area contributed by atoms with Crippen LogP contribution in [-0.2, 0) is 9.53 Å². The van der Waals surface area contributed by atoms with Gasteiger partial charge in [-0.15, -0.1) is 0 Å². The lowest BCUT2D eigenvalue weighted by Crippen LogP contribution is -2.49. The number of primary amides is 1. The summed E-state index contributed by atoms with van der Waals surface area (Å²) in [6.45, 7) is 4.60. The van der Waals surface area contributed by atoms with Crippen molar-refractivity contribution in [1.29, 1.82) is 0 Å². The van der Waals surface area contributed by atoms with Gasteiger partial charge in [-0.25, -0.2) is 0 Å². The zero-order valence-electron chi connectivity index (χ0n) is 11.8. The summed E-state index contributed by atoms with van der Waals surface area (Å²) < 4.78 is 5.95. The van der Waals surface area contributed by atoms with E-state index in [0.717, 1.165) is 6.42 Å². The number of rotatable bonds is 7. The number of carbonyl (C=O) groups is 1. The average molecular weight is 256 g/mol. The van der Waals surface area contributed by atoms with Crippen LogP contribution in [0.15, 0.2) is 0 Å². The molecule has 0 bridgehead atoms. The van der Waals surface area contributed by atoms with Crippen molar-refractivity contribution < 1.29 is 9.53 Å². The summed E-state index contributed by atoms with van der Waals surface area (Å²) in [7, 11) is 0. The van der Waals surface area contributed by atoms with Gasteiger partial charge in [-0.2, -0.15) is 0 Å². The minimum atomic E-state index is -0.903. The van der Waals surface area contributed by atoms with Crippen molar-refractivity contribution in [2.45, 2.75) is 70.4 Å². The summed E-state index contributed by atoms with van der Waals surface area (Å²) in [5, 5.41) is 0. The fraction of sp³-hybridized carbons (Fsp3) is 0.929. The van der Waals surface area contributed by atoms with Crippen LogP contribution in [0.2, 0.25) is 0 Å². The Hall–Kier alpha value is -0.610. The van der Waals surface area contributed by atoms with E-state index in [1.54, 1.807) is 6.92 Å². The maximum atomic E-state index is 11.1. The molecule has 0 spiro atoms. The monoisotopic (exact) mass is 256 g/mol. The van der Waals surface area contributed by atoms with Crippen LogP contribution >= 0.6 is 0 Å². The van der Waals surface area contributed by atoms with E-state index in [-0.39, 0.29) is 0 Å². The lowest BCUT2D eigenvalue weighted by atomic mass is 9.85. The van der Waals surface area contributed by atoms with Gasteiger partial charge in [-0.3, -0.25) is 4.79 Å². The van der Waals surface area contributed by atoms with Crippen molar-refractivity contribution >= 4 is 5.91 Å². The molecule has 3 atom stereocenters. The second kappa shape index (κ2) is 7.10. The molecule has 0 radical (unpaired) electrons. The average Bonchev–Trinajstić information content (AvgIpc) is 2.35. The van der Waals surface area contributed by atoms with E-state index >= 15 is 0 Å². The minimum Gasteiger partial charge on any atom is -0.378 e. The van der Waals surface area contributed by atoms with E-state index < -0.39 is 11.4 Å². The van der Waals surface area contributed by atoms with Gasteiger partial charge in [0.25, 0.3) is 0 Å². The fourth-order valence-electron chi connectivity index (χ4n) is 2.66. The Morgan fingerprint density at radius 1 is 1.39 bits per heavy atom. The number of nitrogens with two attached hydrogens (primary N) is 2. The Morgan fingerprint density at radius 2 is 2.06 bits per heavy atom. The van der Waals surface area contributed by atoms with Gasteiger partial charge in [0, 0.05) is 6.61 Å². The molecular weight excluding hydrogens is 228 g/mol. The molecule has 0 aromatic carbocycles. The lowest BCUT2D eigenvalue weighted by molar-refractivity contribution is -0.123. The number of carbonyl (C=O) groups excluding carboxylic acids is 1. The Kier molecular flexibility index (Phi) is 6.09. The molecule has 1 saturated carbocycles. The zero-order valence-corrected chi connectivity index (χ0v) is 11.8. The van der Waals surface area contributed by atoms with E-state index in [0.29, 0.717) is 25.0 Å². The molecule has 0 heterocycles. The number of hydrogen-bond donors (Lipinski definition) is 2. The standard InChI is InChI=1S/C14H28N2O2/c1-3-11-7-4-5-8-12(11)18-10-6-9-14(2,16)13(15)17/h11-12H,3-10,16H2,1-2H3,(H2,15,17). The van der Waals surface area contributed by atoms with Gasteiger partial charge in [0.15, 0.2) is 0 Å². The van der Waals surface area contributed by atoms with Gasteiger partial charge in [0.05, 0.1) is 11.6 Å². The summed E-state index contributed by atoms with van der Waals surface area (Å²) >= 11 is 0. The highest BCUT2D eigenvalue weighted by molar-refractivity contribution is 5.83. The SMILES string of the molecule is CCC1CCCCC1OCCCC(C)(N)C(N)=O. The summed E-state index contributed by atoms with van der Waals surface area (Å²) in [4.78, 5) is 11.1. The topological polar surface area (TPSA) is 78.3 Å². The molecule has 4 nitrogen and oxygen atoms in total. The first kappa shape index (κ1) is 15.4. The van der Waals surface area contributed by atoms with Gasteiger partial charge in [0.1, 0.15) is 0 Å². The van der Waals surface area contributed by atoms with Crippen LogP contribution in [0.1, 0.15) is 58.8 Å². The highest BCUT2D eigenvalue weighted by Crippen LogP contribution is 2.29. The van der Waals surface area contributed by atoms with Gasteiger partial charge < -0.3 is 16.2 Å². The van der Waals surface area contributed by atoms with Crippen molar-refractivity contribution in [2.24, 2.45) is 17.4 Å². The Bertz CT molecular complexity index is 267. The summed E-state index contributed by atoms with van der Waals surface area (Å²) in [6.07, 6.45) is 8.06. The van der Waals surface area contributed by atoms with E-state index in [4.69, 9.17) is 16.2 Å². The van der Waals surface area contributed by atoms with E-state index in [1.807, 2.05) is 0 Å². The molecule has 1 fully saturated rings. The second-order valence-corrected chi connectivity index (χ2v) is 5.75. The molecule has 1 amide bonds. The Morgan fingerprint density at radius 3 is 2.67 bits per heavy atom. The highest BCUT2D eigenvalue weighted by Gasteiger charge is 2.26. The summed E-state index contributed by atoms with van der Waals surface area (Å²) in [5.41, 5.74) is 10.1. The molecule has 4 N–H and O–H groups in total. The first-order valence-electron chi connectivity index (χ1n) is 7.17. The van der Waals surface area contributed by atoms with Crippen LogP contribution in [-0.4, -0.2) is 24.2 Å². The summed E-state index contributed by atoms with van der Waals surface area (Å²) in [5.74, 6) is 0.269.